The van der Waals surface area contributed by atoms with E-state index in [2.05, 4.69) is 37.1 Å². The second-order valence-electron chi connectivity index (χ2n) is 5.93. The topological polar surface area (TPSA) is 23.5 Å². The molecule has 0 saturated carbocycles. The first-order chi connectivity index (χ1) is 9.22. The van der Waals surface area contributed by atoms with Gasteiger partial charge >= 0.3 is 0 Å². The van der Waals surface area contributed by atoms with Crippen molar-refractivity contribution in [1.82, 2.24) is 4.90 Å². The summed E-state index contributed by atoms with van der Waals surface area (Å²) in [5.41, 5.74) is 4.59. The SMILES string of the molecule is CCC(CO)CN(C)CCc1ccc2c(c1)CCC2. The smallest absolute Gasteiger partial charge is 0.0471 e. The molecule has 1 aliphatic rings. The molecule has 0 aromatic heterocycles. The molecule has 1 atom stereocenters. The maximum absolute atomic E-state index is 9.24. The molecule has 0 spiro atoms. The first-order valence-electron chi connectivity index (χ1n) is 7.63. The standard InChI is InChI=1S/C17H27NO/c1-3-14(13-19)12-18(2)10-9-15-7-8-16-5-4-6-17(16)11-15/h7-8,11,14,19H,3-6,9-10,12-13H2,1-2H3. The monoisotopic (exact) mass is 261 g/mol. The molecule has 2 nitrogen and oxygen atoms in total. The average Bonchev–Trinajstić information content (AvgIpc) is 2.89. The lowest BCUT2D eigenvalue weighted by atomic mass is 10.0. The first kappa shape index (κ1) is 14.5. The molecule has 0 heterocycles. The van der Waals surface area contributed by atoms with Gasteiger partial charge in [-0.15, -0.1) is 0 Å². The normalized spacial score (nSPS) is 15.8. The van der Waals surface area contributed by atoms with Gasteiger partial charge in [0.1, 0.15) is 0 Å². The van der Waals surface area contributed by atoms with Gasteiger partial charge in [0.2, 0.25) is 0 Å². The number of hydrogen-bond donors (Lipinski definition) is 1. The van der Waals surface area contributed by atoms with Crippen LogP contribution >= 0.6 is 0 Å². The largest absolute Gasteiger partial charge is 0.396 e. The fourth-order valence-electron chi connectivity index (χ4n) is 2.95. The Morgan fingerprint density at radius 3 is 2.79 bits per heavy atom. The third kappa shape index (κ3) is 4.05. The molecule has 106 valence electrons. The molecule has 0 aliphatic heterocycles. The Morgan fingerprint density at radius 1 is 1.26 bits per heavy atom. The maximum Gasteiger partial charge on any atom is 0.0471 e. The molecule has 0 amide bonds. The summed E-state index contributed by atoms with van der Waals surface area (Å²) >= 11 is 0. The Hall–Kier alpha value is -0.860. The summed E-state index contributed by atoms with van der Waals surface area (Å²) in [7, 11) is 2.16. The van der Waals surface area contributed by atoms with E-state index in [0.717, 1.165) is 25.9 Å². The van der Waals surface area contributed by atoms with Crippen LogP contribution in [-0.2, 0) is 19.3 Å². The van der Waals surface area contributed by atoms with Gasteiger partial charge in [-0.25, -0.2) is 0 Å². The molecule has 1 N–H and O–H groups in total. The van der Waals surface area contributed by atoms with Crippen molar-refractivity contribution >= 4 is 0 Å². The Labute approximate surface area is 117 Å². The lowest BCUT2D eigenvalue weighted by molar-refractivity contribution is 0.177. The Bertz CT molecular complexity index is 398. The van der Waals surface area contributed by atoms with Gasteiger partial charge < -0.3 is 10.0 Å². The van der Waals surface area contributed by atoms with E-state index in [-0.39, 0.29) is 0 Å². The fourth-order valence-corrected chi connectivity index (χ4v) is 2.95. The lowest BCUT2D eigenvalue weighted by Gasteiger charge is -2.21. The van der Waals surface area contributed by atoms with E-state index in [0.29, 0.717) is 12.5 Å². The second-order valence-corrected chi connectivity index (χ2v) is 5.93. The molecule has 1 unspecified atom stereocenters. The Morgan fingerprint density at radius 2 is 2.05 bits per heavy atom. The predicted molar refractivity (Wildman–Crippen MR) is 80.5 cm³/mol. The third-order valence-corrected chi connectivity index (χ3v) is 4.35. The summed E-state index contributed by atoms with van der Waals surface area (Å²) in [5, 5.41) is 9.24. The van der Waals surface area contributed by atoms with Crippen molar-refractivity contribution in [1.29, 1.82) is 0 Å². The molecule has 0 saturated heterocycles. The minimum absolute atomic E-state index is 0.305. The van der Waals surface area contributed by atoms with Crippen molar-refractivity contribution in [3.05, 3.63) is 34.9 Å². The van der Waals surface area contributed by atoms with E-state index >= 15 is 0 Å². The van der Waals surface area contributed by atoms with E-state index in [9.17, 15) is 5.11 Å². The van der Waals surface area contributed by atoms with Crippen molar-refractivity contribution < 1.29 is 5.11 Å². The van der Waals surface area contributed by atoms with Crippen LogP contribution in [0.25, 0.3) is 0 Å². The number of benzene rings is 1. The average molecular weight is 261 g/mol. The van der Waals surface area contributed by atoms with Crippen molar-refractivity contribution in [3.8, 4) is 0 Å². The van der Waals surface area contributed by atoms with Crippen molar-refractivity contribution in [2.24, 2.45) is 5.92 Å². The van der Waals surface area contributed by atoms with Crippen LogP contribution < -0.4 is 0 Å². The molecule has 1 aliphatic carbocycles. The van der Waals surface area contributed by atoms with Gasteiger partial charge in [-0.05, 0) is 61.8 Å². The summed E-state index contributed by atoms with van der Waals surface area (Å²) in [6.07, 6.45) is 6.03. The van der Waals surface area contributed by atoms with Crippen molar-refractivity contribution in [3.63, 3.8) is 0 Å². The molecular weight excluding hydrogens is 234 g/mol. The van der Waals surface area contributed by atoms with Crippen molar-refractivity contribution in [2.75, 3.05) is 26.7 Å². The third-order valence-electron chi connectivity index (χ3n) is 4.35. The summed E-state index contributed by atoms with van der Waals surface area (Å²) < 4.78 is 0. The maximum atomic E-state index is 9.24. The highest BCUT2D eigenvalue weighted by Gasteiger charge is 2.12. The zero-order chi connectivity index (χ0) is 13.7. The van der Waals surface area contributed by atoms with Gasteiger partial charge in [0.05, 0.1) is 0 Å². The molecule has 1 aromatic rings. The number of aliphatic hydroxyl groups excluding tert-OH is 1. The number of likely N-dealkylation sites (N-methyl/N-ethyl adjacent to an activating group) is 1. The van der Waals surface area contributed by atoms with Crippen LogP contribution in [-0.4, -0.2) is 36.8 Å². The van der Waals surface area contributed by atoms with Gasteiger partial charge in [-0.1, -0.05) is 25.1 Å². The van der Waals surface area contributed by atoms with Crippen molar-refractivity contribution in [2.45, 2.75) is 39.0 Å². The summed E-state index contributed by atoms with van der Waals surface area (Å²) in [5.74, 6) is 0.421. The highest BCUT2D eigenvalue weighted by Crippen LogP contribution is 2.23. The van der Waals surface area contributed by atoms with E-state index in [1.165, 1.54) is 24.8 Å². The van der Waals surface area contributed by atoms with Crippen LogP contribution in [0.15, 0.2) is 18.2 Å². The van der Waals surface area contributed by atoms with Gasteiger partial charge in [-0.3, -0.25) is 0 Å². The number of hydrogen-bond acceptors (Lipinski definition) is 2. The minimum atomic E-state index is 0.305. The number of rotatable bonds is 7. The second kappa shape index (κ2) is 7.06. The molecular formula is C17H27NO. The van der Waals surface area contributed by atoms with E-state index < -0.39 is 0 Å². The molecule has 2 rings (SSSR count). The van der Waals surface area contributed by atoms with Crippen LogP contribution in [0.3, 0.4) is 0 Å². The van der Waals surface area contributed by atoms with Gasteiger partial charge in [-0.2, -0.15) is 0 Å². The van der Waals surface area contributed by atoms with Crippen LogP contribution in [0.4, 0.5) is 0 Å². The van der Waals surface area contributed by atoms with Gasteiger partial charge in [0, 0.05) is 19.7 Å². The number of aliphatic hydroxyl groups is 1. The zero-order valence-electron chi connectivity index (χ0n) is 12.4. The van der Waals surface area contributed by atoms with E-state index in [4.69, 9.17) is 0 Å². The predicted octanol–water partition coefficient (Wildman–Crippen LogP) is 2.67. The highest BCUT2D eigenvalue weighted by atomic mass is 16.3. The van der Waals surface area contributed by atoms with Crippen LogP contribution in [0.5, 0.6) is 0 Å². The lowest BCUT2D eigenvalue weighted by Crippen LogP contribution is -2.29. The summed E-state index contributed by atoms with van der Waals surface area (Å²) in [6.45, 7) is 4.53. The summed E-state index contributed by atoms with van der Waals surface area (Å²) in [6, 6.07) is 7.01. The molecule has 0 radical (unpaired) electrons. The highest BCUT2D eigenvalue weighted by molar-refractivity contribution is 5.35. The van der Waals surface area contributed by atoms with E-state index in [1.54, 1.807) is 11.1 Å². The fraction of sp³-hybridized carbons (Fsp3) is 0.647. The summed E-state index contributed by atoms with van der Waals surface area (Å²) in [4.78, 5) is 2.34. The van der Waals surface area contributed by atoms with E-state index in [1.807, 2.05) is 0 Å². The number of aryl methyl sites for hydroxylation is 2. The number of nitrogens with zero attached hydrogens (tertiary/aromatic N) is 1. The van der Waals surface area contributed by atoms with Crippen LogP contribution in [0.1, 0.15) is 36.5 Å². The molecule has 0 fully saturated rings. The first-order valence-corrected chi connectivity index (χ1v) is 7.63. The van der Waals surface area contributed by atoms with Gasteiger partial charge in [0.15, 0.2) is 0 Å². The Kier molecular flexibility index (Phi) is 5.41. The molecule has 2 heteroatoms. The Balaban J connectivity index is 1.81. The molecule has 1 aromatic carbocycles. The molecule has 19 heavy (non-hydrogen) atoms. The number of fused-ring (bicyclic) bond motifs is 1. The molecule has 0 bridgehead atoms. The van der Waals surface area contributed by atoms with Crippen LogP contribution in [0.2, 0.25) is 0 Å². The zero-order valence-corrected chi connectivity index (χ0v) is 12.4. The minimum Gasteiger partial charge on any atom is -0.396 e. The van der Waals surface area contributed by atoms with Crippen LogP contribution in [0, 0.1) is 5.92 Å². The van der Waals surface area contributed by atoms with Gasteiger partial charge in [0.25, 0.3) is 0 Å². The quantitative estimate of drug-likeness (QED) is 0.815.